The van der Waals surface area contributed by atoms with Crippen LogP contribution in [-0.4, -0.2) is 31.9 Å². The summed E-state index contributed by atoms with van der Waals surface area (Å²) in [5, 5.41) is 2.89. The number of rotatable bonds is 7. The summed E-state index contributed by atoms with van der Waals surface area (Å²) in [6, 6.07) is 10.2. The van der Waals surface area contributed by atoms with E-state index in [9.17, 15) is 9.18 Å². The number of amides is 1. The zero-order valence-corrected chi connectivity index (χ0v) is 18.0. The van der Waals surface area contributed by atoms with Crippen LogP contribution < -0.4 is 5.32 Å². The Hall–Kier alpha value is -3.06. The van der Waals surface area contributed by atoms with E-state index < -0.39 is 0 Å². The second-order valence-corrected chi connectivity index (χ2v) is 7.94. The lowest BCUT2D eigenvalue weighted by atomic mass is 10.1. The number of aryl methyl sites for hydroxylation is 2. The average molecular weight is 422 g/mol. The molecule has 1 saturated heterocycles. The lowest BCUT2D eigenvalue weighted by Gasteiger charge is -2.24. The Bertz CT molecular complexity index is 1050. The number of hydrogen-bond acceptors (Lipinski definition) is 4. The van der Waals surface area contributed by atoms with E-state index in [0.29, 0.717) is 12.1 Å². The quantitative estimate of drug-likeness (QED) is 0.626. The number of imidazole rings is 1. The molecule has 6 nitrogen and oxygen atoms in total. The molecule has 0 bridgehead atoms. The smallest absolute Gasteiger partial charge is 0.253 e. The molecule has 162 valence electrons. The first-order valence-corrected chi connectivity index (χ1v) is 10.8. The van der Waals surface area contributed by atoms with Crippen LogP contribution in [0.25, 0.3) is 0 Å². The van der Waals surface area contributed by atoms with Crippen molar-refractivity contribution in [2.24, 2.45) is 0 Å². The highest BCUT2D eigenvalue weighted by Gasteiger charge is 2.28. The number of halogens is 1. The summed E-state index contributed by atoms with van der Waals surface area (Å²) in [6.45, 7) is 7.07. The van der Waals surface area contributed by atoms with E-state index >= 15 is 0 Å². The molecule has 4 rings (SSSR count). The van der Waals surface area contributed by atoms with Gasteiger partial charge in [0.2, 0.25) is 0 Å². The van der Waals surface area contributed by atoms with Crippen LogP contribution in [0.15, 0.2) is 48.8 Å². The van der Waals surface area contributed by atoms with Crippen LogP contribution in [0.4, 0.5) is 4.39 Å². The molecule has 3 heterocycles. The highest BCUT2D eigenvalue weighted by Crippen LogP contribution is 2.32. The number of carbonyl (C=O) groups is 1. The Kier molecular flexibility index (Phi) is 6.42. The molecule has 3 aromatic rings. The maximum atomic E-state index is 13.0. The molecule has 0 aliphatic carbocycles. The lowest BCUT2D eigenvalue weighted by Crippen LogP contribution is -2.27. The van der Waals surface area contributed by atoms with Crippen molar-refractivity contribution < 1.29 is 9.18 Å². The Morgan fingerprint density at radius 2 is 2.03 bits per heavy atom. The summed E-state index contributed by atoms with van der Waals surface area (Å²) in [7, 11) is 0. The molecule has 1 aliphatic rings. The van der Waals surface area contributed by atoms with Crippen LogP contribution in [0.1, 0.15) is 58.9 Å². The largest absolute Gasteiger partial charge is 0.348 e. The molecular weight excluding hydrogens is 393 g/mol. The molecule has 1 amide bonds. The van der Waals surface area contributed by atoms with Crippen molar-refractivity contribution in [2.75, 3.05) is 6.54 Å². The predicted molar refractivity (Wildman–Crippen MR) is 117 cm³/mol. The Labute approximate surface area is 182 Å². The molecule has 1 aromatic carbocycles. The fraction of sp³-hybridized carbons (Fsp3) is 0.375. The first-order chi connectivity index (χ1) is 15.0. The molecule has 7 heteroatoms. The lowest BCUT2D eigenvalue weighted by molar-refractivity contribution is 0.0949. The van der Waals surface area contributed by atoms with Gasteiger partial charge in [0, 0.05) is 25.5 Å². The molecule has 1 aliphatic heterocycles. The zero-order chi connectivity index (χ0) is 21.8. The summed E-state index contributed by atoms with van der Waals surface area (Å²) < 4.78 is 15.2. The Morgan fingerprint density at radius 1 is 1.23 bits per heavy atom. The van der Waals surface area contributed by atoms with Gasteiger partial charge in [-0.15, -0.1) is 0 Å². The van der Waals surface area contributed by atoms with Crippen LogP contribution in [0.5, 0.6) is 0 Å². The van der Waals surface area contributed by atoms with E-state index in [2.05, 4.69) is 26.7 Å². The number of nitrogens with zero attached hydrogens (tertiary/aromatic N) is 4. The predicted octanol–water partition coefficient (Wildman–Crippen LogP) is 4.01. The van der Waals surface area contributed by atoms with Gasteiger partial charge in [0.1, 0.15) is 11.6 Å². The molecular formula is C24H28FN5O. The van der Waals surface area contributed by atoms with Crippen molar-refractivity contribution in [2.45, 2.75) is 52.4 Å². The van der Waals surface area contributed by atoms with Gasteiger partial charge in [0.25, 0.3) is 5.91 Å². The van der Waals surface area contributed by atoms with Gasteiger partial charge in [-0.25, -0.2) is 9.37 Å². The van der Waals surface area contributed by atoms with E-state index in [1.54, 1.807) is 12.1 Å². The second kappa shape index (κ2) is 9.39. The fourth-order valence-corrected chi connectivity index (χ4v) is 4.20. The summed E-state index contributed by atoms with van der Waals surface area (Å²) in [6.07, 6.45) is 6.04. The van der Waals surface area contributed by atoms with E-state index in [1.165, 1.54) is 12.1 Å². The van der Waals surface area contributed by atoms with Gasteiger partial charge in [-0.2, -0.15) is 0 Å². The Balaban J connectivity index is 1.43. The highest BCUT2D eigenvalue weighted by molar-refractivity contribution is 5.95. The number of pyridine rings is 1. The molecule has 31 heavy (non-hydrogen) atoms. The van der Waals surface area contributed by atoms with Gasteiger partial charge in [0.05, 0.1) is 29.5 Å². The molecule has 1 N–H and O–H groups in total. The average Bonchev–Trinajstić information content (AvgIpc) is 3.42. The summed E-state index contributed by atoms with van der Waals surface area (Å²) >= 11 is 0. The first-order valence-electron chi connectivity index (χ1n) is 10.8. The Morgan fingerprint density at radius 3 is 2.77 bits per heavy atom. The maximum absolute atomic E-state index is 13.0. The standard InChI is InChI=1S/C24H28FN5O/c1-3-29-14-12-26-23(29)16-30-13-4-5-22(30)21-11-10-20(17(2)28-21)24(31)27-15-18-6-8-19(25)9-7-18/h6-12,14,22H,3-5,13,15-16H2,1-2H3,(H,27,31). The van der Waals surface area contributed by atoms with Gasteiger partial charge in [-0.1, -0.05) is 12.1 Å². The van der Waals surface area contributed by atoms with Crippen molar-refractivity contribution in [1.29, 1.82) is 0 Å². The van der Waals surface area contributed by atoms with Gasteiger partial charge in [-0.3, -0.25) is 14.7 Å². The number of carbonyl (C=O) groups excluding carboxylic acids is 1. The van der Waals surface area contributed by atoms with Gasteiger partial charge in [0.15, 0.2) is 0 Å². The monoisotopic (exact) mass is 421 g/mol. The number of benzene rings is 1. The molecule has 1 unspecified atom stereocenters. The van der Waals surface area contributed by atoms with Crippen molar-refractivity contribution >= 4 is 5.91 Å². The number of likely N-dealkylation sites (tertiary alicyclic amines) is 1. The van der Waals surface area contributed by atoms with E-state index in [4.69, 9.17) is 4.98 Å². The molecule has 0 saturated carbocycles. The minimum absolute atomic E-state index is 0.172. The third-order valence-electron chi connectivity index (χ3n) is 5.91. The fourth-order valence-electron chi connectivity index (χ4n) is 4.20. The first kappa shape index (κ1) is 21.2. The third-order valence-corrected chi connectivity index (χ3v) is 5.91. The van der Waals surface area contributed by atoms with E-state index in [-0.39, 0.29) is 17.8 Å². The van der Waals surface area contributed by atoms with E-state index in [1.807, 2.05) is 31.5 Å². The highest BCUT2D eigenvalue weighted by atomic mass is 19.1. The maximum Gasteiger partial charge on any atom is 0.253 e. The summed E-state index contributed by atoms with van der Waals surface area (Å²) in [4.78, 5) is 24.4. The second-order valence-electron chi connectivity index (χ2n) is 7.94. The van der Waals surface area contributed by atoms with Crippen molar-refractivity contribution in [1.82, 2.24) is 24.8 Å². The van der Waals surface area contributed by atoms with Crippen molar-refractivity contribution in [3.8, 4) is 0 Å². The van der Waals surface area contributed by atoms with Crippen LogP contribution in [0.3, 0.4) is 0 Å². The SMILES string of the molecule is CCn1ccnc1CN1CCCC1c1ccc(C(=O)NCc2ccc(F)cc2)c(C)n1. The van der Waals surface area contributed by atoms with Gasteiger partial charge in [-0.05, 0) is 63.1 Å². The van der Waals surface area contributed by atoms with Crippen molar-refractivity contribution in [3.63, 3.8) is 0 Å². The van der Waals surface area contributed by atoms with Gasteiger partial charge < -0.3 is 9.88 Å². The topological polar surface area (TPSA) is 63.1 Å². The zero-order valence-electron chi connectivity index (χ0n) is 18.0. The molecule has 0 radical (unpaired) electrons. The van der Waals surface area contributed by atoms with Crippen molar-refractivity contribution in [3.05, 3.63) is 82.9 Å². The van der Waals surface area contributed by atoms with Crippen LogP contribution in [-0.2, 0) is 19.6 Å². The van der Waals surface area contributed by atoms with Crippen LogP contribution >= 0.6 is 0 Å². The number of nitrogens with one attached hydrogen (secondary N) is 1. The normalized spacial score (nSPS) is 16.5. The minimum Gasteiger partial charge on any atom is -0.348 e. The molecule has 0 spiro atoms. The van der Waals surface area contributed by atoms with Crippen LogP contribution in [0.2, 0.25) is 0 Å². The summed E-state index contributed by atoms with van der Waals surface area (Å²) in [5.74, 6) is 0.613. The minimum atomic E-state index is -0.287. The molecule has 2 aromatic heterocycles. The molecule has 1 atom stereocenters. The third kappa shape index (κ3) is 4.82. The molecule has 1 fully saturated rings. The van der Waals surface area contributed by atoms with Gasteiger partial charge >= 0.3 is 0 Å². The number of aromatic nitrogens is 3. The van der Waals surface area contributed by atoms with E-state index in [0.717, 1.165) is 55.3 Å². The van der Waals surface area contributed by atoms with Crippen LogP contribution in [0, 0.1) is 12.7 Å². The number of hydrogen-bond donors (Lipinski definition) is 1. The summed E-state index contributed by atoms with van der Waals surface area (Å²) in [5.41, 5.74) is 3.14.